The van der Waals surface area contributed by atoms with E-state index in [2.05, 4.69) is 16.9 Å². The predicted octanol–water partition coefficient (Wildman–Crippen LogP) is 1.81. The molecule has 1 fully saturated rings. The number of hydrogen-bond donors (Lipinski definition) is 1. The number of aromatic nitrogens is 2. The van der Waals surface area contributed by atoms with Gasteiger partial charge in [-0.2, -0.15) is 5.10 Å². The first-order valence-corrected chi connectivity index (χ1v) is 6.92. The second-order valence-corrected chi connectivity index (χ2v) is 5.59. The van der Waals surface area contributed by atoms with Crippen LogP contribution in [-0.4, -0.2) is 38.8 Å². The minimum atomic E-state index is -0.632. The highest BCUT2D eigenvalue weighted by Crippen LogP contribution is 2.35. The zero-order chi connectivity index (χ0) is 14.0. The van der Waals surface area contributed by atoms with Crippen molar-refractivity contribution in [1.29, 1.82) is 0 Å². The first kappa shape index (κ1) is 14.1. The number of nitrogens with zero attached hydrogens (tertiary/aromatic N) is 3. The van der Waals surface area contributed by atoms with Crippen LogP contribution in [0.15, 0.2) is 6.20 Å². The summed E-state index contributed by atoms with van der Waals surface area (Å²) in [6, 6.07) is 0. The molecule has 1 saturated heterocycles. The van der Waals surface area contributed by atoms with E-state index in [1.807, 2.05) is 24.9 Å². The summed E-state index contributed by atoms with van der Waals surface area (Å²) < 4.78 is 1.88. The second-order valence-electron chi connectivity index (χ2n) is 5.59. The largest absolute Gasteiger partial charge is 0.481 e. The van der Waals surface area contributed by atoms with Crippen molar-refractivity contribution < 1.29 is 9.90 Å². The molecule has 0 saturated carbocycles. The van der Waals surface area contributed by atoms with Crippen LogP contribution in [0, 0.1) is 12.3 Å². The zero-order valence-electron chi connectivity index (χ0n) is 12.0. The molecule has 0 bridgehead atoms. The average Bonchev–Trinajstić information content (AvgIpc) is 2.71. The van der Waals surface area contributed by atoms with E-state index in [1.165, 1.54) is 11.3 Å². The van der Waals surface area contributed by atoms with Gasteiger partial charge < -0.3 is 5.11 Å². The van der Waals surface area contributed by atoms with Crippen LogP contribution in [0.5, 0.6) is 0 Å². The molecule has 1 aromatic heterocycles. The summed E-state index contributed by atoms with van der Waals surface area (Å²) in [5.41, 5.74) is 1.92. The van der Waals surface area contributed by atoms with Crippen molar-refractivity contribution in [2.75, 3.05) is 13.1 Å². The van der Waals surface area contributed by atoms with Gasteiger partial charge in [0.1, 0.15) is 0 Å². The first-order valence-electron chi connectivity index (χ1n) is 6.92. The van der Waals surface area contributed by atoms with Crippen molar-refractivity contribution in [3.05, 3.63) is 17.5 Å². The molecule has 0 unspecified atom stereocenters. The minimum absolute atomic E-state index is 0.500. The van der Waals surface area contributed by atoms with Crippen molar-refractivity contribution in [2.45, 2.75) is 39.7 Å². The van der Waals surface area contributed by atoms with Crippen LogP contribution in [0.25, 0.3) is 0 Å². The average molecular weight is 265 g/mol. The maximum Gasteiger partial charge on any atom is 0.309 e. The number of aryl methyl sites for hydroxylation is 1. The van der Waals surface area contributed by atoms with Gasteiger partial charge in [0, 0.05) is 24.8 Å². The van der Waals surface area contributed by atoms with Gasteiger partial charge in [0.05, 0.1) is 11.6 Å². The summed E-state index contributed by atoms with van der Waals surface area (Å²) in [5.74, 6) is -0.632. The summed E-state index contributed by atoms with van der Waals surface area (Å²) >= 11 is 0. The molecule has 0 spiro atoms. The molecule has 106 valence electrons. The highest BCUT2D eigenvalue weighted by atomic mass is 16.4. The van der Waals surface area contributed by atoms with Gasteiger partial charge in [-0.3, -0.25) is 14.4 Å². The van der Waals surface area contributed by atoms with Crippen molar-refractivity contribution in [3.63, 3.8) is 0 Å². The number of hydrogen-bond acceptors (Lipinski definition) is 3. The Hall–Kier alpha value is -1.36. The molecule has 0 amide bonds. The molecule has 5 heteroatoms. The molecular formula is C14H23N3O2. The molecule has 1 aliphatic rings. The van der Waals surface area contributed by atoms with E-state index < -0.39 is 11.4 Å². The summed E-state index contributed by atoms with van der Waals surface area (Å²) in [6.07, 6.45) is 4.13. The lowest BCUT2D eigenvalue weighted by atomic mass is 9.76. The van der Waals surface area contributed by atoms with Gasteiger partial charge in [0.25, 0.3) is 0 Å². The molecule has 1 aliphatic heterocycles. The van der Waals surface area contributed by atoms with E-state index in [9.17, 15) is 9.90 Å². The standard InChI is InChI=1S/C14H23N3O2/c1-4-14(13(18)19)5-7-17(8-6-14)10-12-9-15-16(3)11(12)2/h9H,4-8,10H2,1-3H3,(H,18,19). The van der Waals surface area contributed by atoms with Gasteiger partial charge in [-0.15, -0.1) is 0 Å². The topological polar surface area (TPSA) is 58.4 Å². The Bertz CT molecular complexity index is 459. The van der Waals surface area contributed by atoms with Gasteiger partial charge >= 0.3 is 5.97 Å². The number of aliphatic carboxylic acids is 1. The Balaban J connectivity index is 1.97. The maximum absolute atomic E-state index is 11.4. The van der Waals surface area contributed by atoms with Crippen LogP contribution in [0.2, 0.25) is 0 Å². The minimum Gasteiger partial charge on any atom is -0.481 e. The Morgan fingerprint density at radius 3 is 2.53 bits per heavy atom. The van der Waals surface area contributed by atoms with E-state index in [0.29, 0.717) is 0 Å². The molecule has 0 aromatic carbocycles. The normalized spacial score (nSPS) is 19.5. The Morgan fingerprint density at radius 1 is 1.47 bits per heavy atom. The van der Waals surface area contributed by atoms with Crippen LogP contribution in [0.3, 0.4) is 0 Å². The number of likely N-dealkylation sites (tertiary alicyclic amines) is 1. The lowest BCUT2D eigenvalue weighted by molar-refractivity contribution is -0.152. The van der Waals surface area contributed by atoms with Gasteiger partial charge in [-0.25, -0.2) is 0 Å². The van der Waals surface area contributed by atoms with Gasteiger partial charge in [-0.05, 0) is 39.3 Å². The monoisotopic (exact) mass is 265 g/mol. The van der Waals surface area contributed by atoms with Gasteiger partial charge in [-0.1, -0.05) is 6.92 Å². The fourth-order valence-electron chi connectivity index (χ4n) is 2.80. The molecule has 0 radical (unpaired) electrons. The van der Waals surface area contributed by atoms with Crippen molar-refractivity contribution in [3.8, 4) is 0 Å². The van der Waals surface area contributed by atoms with Crippen molar-refractivity contribution in [1.82, 2.24) is 14.7 Å². The lowest BCUT2D eigenvalue weighted by Gasteiger charge is -2.38. The Kier molecular flexibility index (Phi) is 3.94. The smallest absolute Gasteiger partial charge is 0.309 e. The Labute approximate surface area is 114 Å². The van der Waals surface area contributed by atoms with Crippen LogP contribution >= 0.6 is 0 Å². The molecule has 2 heterocycles. The van der Waals surface area contributed by atoms with E-state index in [0.717, 1.165) is 38.9 Å². The summed E-state index contributed by atoms with van der Waals surface area (Å²) in [5, 5.41) is 13.6. The van der Waals surface area contributed by atoms with Gasteiger partial charge in [0.2, 0.25) is 0 Å². The number of carboxylic acids is 1. The lowest BCUT2D eigenvalue weighted by Crippen LogP contribution is -2.43. The third-order valence-electron chi connectivity index (χ3n) is 4.67. The molecule has 19 heavy (non-hydrogen) atoms. The molecular weight excluding hydrogens is 242 g/mol. The van der Waals surface area contributed by atoms with Gasteiger partial charge in [0.15, 0.2) is 0 Å². The van der Waals surface area contributed by atoms with Crippen molar-refractivity contribution in [2.24, 2.45) is 12.5 Å². The maximum atomic E-state index is 11.4. The van der Waals surface area contributed by atoms with Crippen LogP contribution in [0.1, 0.15) is 37.4 Å². The third-order valence-corrected chi connectivity index (χ3v) is 4.67. The molecule has 2 rings (SSSR count). The third kappa shape index (κ3) is 2.66. The molecule has 1 N–H and O–H groups in total. The fourth-order valence-corrected chi connectivity index (χ4v) is 2.80. The van der Waals surface area contributed by atoms with Crippen LogP contribution in [-0.2, 0) is 18.4 Å². The second kappa shape index (κ2) is 5.33. The fraction of sp³-hybridized carbons (Fsp3) is 0.714. The number of piperidine rings is 1. The molecule has 5 nitrogen and oxygen atoms in total. The van der Waals surface area contributed by atoms with Crippen molar-refractivity contribution >= 4 is 5.97 Å². The highest BCUT2D eigenvalue weighted by molar-refractivity contribution is 5.74. The number of rotatable bonds is 4. The summed E-state index contributed by atoms with van der Waals surface area (Å²) in [4.78, 5) is 13.7. The first-order chi connectivity index (χ1) is 8.98. The zero-order valence-corrected chi connectivity index (χ0v) is 12.0. The predicted molar refractivity (Wildman–Crippen MR) is 72.8 cm³/mol. The molecule has 0 aliphatic carbocycles. The molecule has 1 aromatic rings. The molecule has 0 atom stereocenters. The highest BCUT2D eigenvalue weighted by Gasteiger charge is 2.39. The Morgan fingerprint density at radius 2 is 2.11 bits per heavy atom. The van der Waals surface area contributed by atoms with E-state index >= 15 is 0 Å². The van der Waals surface area contributed by atoms with Crippen LogP contribution in [0.4, 0.5) is 0 Å². The SMILES string of the molecule is CCC1(C(=O)O)CCN(Cc2cnn(C)c2C)CC1. The number of carbonyl (C=O) groups is 1. The van der Waals surface area contributed by atoms with E-state index in [-0.39, 0.29) is 0 Å². The van der Waals surface area contributed by atoms with Crippen LogP contribution < -0.4 is 0 Å². The van der Waals surface area contributed by atoms with E-state index in [4.69, 9.17) is 0 Å². The summed E-state index contributed by atoms with van der Waals surface area (Å²) in [6.45, 7) is 6.64. The number of carboxylic acid groups (broad SMARTS) is 1. The summed E-state index contributed by atoms with van der Waals surface area (Å²) in [7, 11) is 1.95. The quantitative estimate of drug-likeness (QED) is 0.902. The van der Waals surface area contributed by atoms with E-state index in [1.54, 1.807) is 0 Å².